The van der Waals surface area contributed by atoms with Crippen LogP contribution < -0.4 is 5.32 Å². The van der Waals surface area contributed by atoms with Crippen LogP contribution in [0.5, 0.6) is 0 Å². The number of fused-ring (bicyclic) bond motifs is 1. The van der Waals surface area contributed by atoms with Crippen LogP contribution in [0.2, 0.25) is 0 Å². The predicted molar refractivity (Wildman–Crippen MR) is 78.3 cm³/mol. The van der Waals surface area contributed by atoms with Gasteiger partial charge in [-0.05, 0) is 32.1 Å². The molecule has 1 N–H and O–H groups in total. The molecule has 6 nitrogen and oxygen atoms in total. The van der Waals surface area contributed by atoms with Gasteiger partial charge >= 0.3 is 0 Å². The normalized spacial score (nSPS) is 32.9. The maximum absolute atomic E-state index is 12.2. The minimum Gasteiger partial charge on any atom is -0.375 e. The summed E-state index contributed by atoms with van der Waals surface area (Å²) < 4.78 is 14.1. The quantitative estimate of drug-likeness (QED) is 0.896. The molecule has 4 rings (SSSR count). The Morgan fingerprint density at radius 2 is 2.24 bits per heavy atom. The average molecular weight is 308 g/mol. The smallest absolute Gasteiger partial charge is 0.273 e. The van der Waals surface area contributed by atoms with E-state index in [9.17, 15) is 4.79 Å². The predicted octanol–water partition coefficient (Wildman–Crippen LogP) is 0.828. The molecule has 2 saturated heterocycles. The van der Waals surface area contributed by atoms with Crippen LogP contribution in [-0.4, -0.2) is 57.4 Å². The van der Waals surface area contributed by atoms with Gasteiger partial charge in [0.15, 0.2) is 5.69 Å². The molecule has 1 aliphatic carbocycles. The van der Waals surface area contributed by atoms with Gasteiger partial charge in [0.25, 0.3) is 5.91 Å². The van der Waals surface area contributed by atoms with E-state index in [1.165, 1.54) is 12.8 Å². The molecule has 1 aromatic rings. The molecule has 0 unspecified atom stereocenters. The highest BCUT2D eigenvalue weighted by molar-refractivity contribution is 6.99. The lowest BCUT2D eigenvalue weighted by atomic mass is 10.1. The van der Waals surface area contributed by atoms with Gasteiger partial charge in [0.05, 0.1) is 30.1 Å². The van der Waals surface area contributed by atoms with Gasteiger partial charge in [-0.25, -0.2) is 0 Å². The van der Waals surface area contributed by atoms with Crippen LogP contribution >= 0.6 is 11.7 Å². The van der Waals surface area contributed by atoms with E-state index >= 15 is 0 Å². The first kappa shape index (κ1) is 13.6. The summed E-state index contributed by atoms with van der Waals surface area (Å²) in [7, 11) is 0. The van der Waals surface area contributed by atoms with E-state index in [0.29, 0.717) is 23.5 Å². The van der Waals surface area contributed by atoms with Gasteiger partial charge in [0.2, 0.25) is 0 Å². The Kier molecular flexibility index (Phi) is 3.43. The Labute approximate surface area is 128 Å². The zero-order valence-corrected chi connectivity index (χ0v) is 12.9. The number of aromatic nitrogens is 2. The number of hydrogen-bond acceptors (Lipinski definition) is 6. The fourth-order valence-electron chi connectivity index (χ4n) is 3.45. The van der Waals surface area contributed by atoms with Crippen molar-refractivity contribution in [2.75, 3.05) is 19.7 Å². The Morgan fingerprint density at radius 3 is 2.95 bits per heavy atom. The Hall–Kier alpha value is -1.05. The van der Waals surface area contributed by atoms with E-state index in [2.05, 4.69) is 19.0 Å². The first-order valence-corrected chi connectivity index (χ1v) is 8.39. The number of rotatable bonds is 3. The highest BCUT2D eigenvalue weighted by Crippen LogP contribution is 2.37. The summed E-state index contributed by atoms with van der Waals surface area (Å²) >= 11 is 1.09. The molecule has 2 aliphatic heterocycles. The molecule has 21 heavy (non-hydrogen) atoms. The van der Waals surface area contributed by atoms with Crippen molar-refractivity contribution in [2.24, 2.45) is 5.92 Å². The van der Waals surface area contributed by atoms with Crippen LogP contribution in [0.25, 0.3) is 0 Å². The average Bonchev–Trinajstić information content (AvgIpc) is 3.10. The van der Waals surface area contributed by atoms with Crippen molar-refractivity contribution < 1.29 is 9.53 Å². The zero-order chi connectivity index (χ0) is 14.4. The van der Waals surface area contributed by atoms with Crippen LogP contribution in [0, 0.1) is 12.8 Å². The third kappa shape index (κ3) is 2.69. The number of morpholine rings is 1. The Morgan fingerprint density at radius 1 is 1.38 bits per heavy atom. The standard InChI is InChI=1S/C14H20N4O2S/c1-8-13(17-21-16-8)14(19)15-10-4-11-7-20-12(9-2-3-9)6-18(11)5-10/h9-12H,2-7H2,1H3,(H,15,19)/t10-,11-,12-/m0/s1. The monoisotopic (exact) mass is 308 g/mol. The molecular weight excluding hydrogens is 288 g/mol. The van der Waals surface area contributed by atoms with Gasteiger partial charge in [-0.15, -0.1) is 0 Å². The van der Waals surface area contributed by atoms with E-state index < -0.39 is 0 Å². The molecule has 0 bridgehead atoms. The Bertz CT molecular complexity index is 545. The van der Waals surface area contributed by atoms with E-state index in [-0.39, 0.29) is 11.9 Å². The number of carbonyl (C=O) groups excluding carboxylic acids is 1. The van der Waals surface area contributed by atoms with Crippen LogP contribution in [0.4, 0.5) is 0 Å². The summed E-state index contributed by atoms with van der Waals surface area (Å²) in [6.07, 6.45) is 4.03. The number of amides is 1. The van der Waals surface area contributed by atoms with E-state index in [0.717, 1.165) is 43.8 Å². The molecule has 114 valence electrons. The summed E-state index contributed by atoms with van der Waals surface area (Å²) in [6, 6.07) is 0.658. The van der Waals surface area contributed by atoms with Crippen LogP contribution in [0.3, 0.4) is 0 Å². The maximum Gasteiger partial charge on any atom is 0.273 e. The molecule has 0 aromatic carbocycles. The molecular formula is C14H20N4O2S. The van der Waals surface area contributed by atoms with Crippen molar-refractivity contribution in [3.8, 4) is 0 Å². The van der Waals surface area contributed by atoms with Gasteiger partial charge in [-0.3, -0.25) is 9.69 Å². The molecule has 0 spiro atoms. The van der Waals surface area contributed by atoms with E-state index in [1.54, 1.807) is 0 Å². The fraction of sp³-hybridized carbons (Fsp3) is 0.786. The number of ether oxygens (including phenoxy) is 1. The molecule has 1 saturated carbocycles. The van der Waals surface area contributed by atoms with Crippen molar-refractivity contribution in [3.05, 3.63) is 11.4 Å². The summed E-state index contributed by atoms with van der Waals surface area (Å²) in [4.78, 5) is 14.7. The lowest BCUT2D eigenvalue weighted by Crippen LogP contribution is -2.47. The largest absolute Gasteiger partial charge is 0.375 e. The van der Waals surface area contributed by atoms with Crippen molar-refractivity contribution in [2.45, 2.75) is 44.4 Å². The van der Waals surface area contributed by atoms with Gasteiger partial charge < -0.3 is 10.1 Å². The van der Waals surface area contributed by atoms with Gasteiger partial charge in [0.1, 0.15) is 0 Å². The highest BCUT2D eigenvalue weighted by atomic mass is 32.1. The van der Waals surface area contributed by atoms with Gasteiger partial charge in [-0.1, -0.05) is 0 Å². The van der Waals surface area contributed by atoms with Gasteiger partial charge in [-0.2, -0.15) is 8.75 Å². The van der Waals surface area contributed by atoms with Crippen LogP contribution in [0.1, 0.15) is 35.4 Å². The summed E-state index contributed by atoms with van der Waals surface area (Å²) in [5.74, 6) is 0.689. The number of nitrogens with one attached hydrogen (secondary N) is 1. The maximum atomic E-state index is 12.2. The van der Waals surface area contributed by atoms with E-state index in [4.69, 9.17) is 4.74 Å². The molecule has 7 heteroatoms. The summed E-state index contributed by atoms with van der Waals surface area (Å²) in [6.45, 7) is 4.59. The van der Waals surface area contributed by atoms with Crippen LogP contribution in [0.15, 0.2) is 0 Å². The van der Waals surface area contributed by atoms with Crippen molar-refractivity contribution in [3.63, 3.8) is 0 Å². The molecule has 1 aromatic heterocycles. The number of hydrogen-bond donors (Lipinski definition) is 1. The number of carbonyl (C=O) groups is 1. The SMILES string of the molecule is Cc1nsnc1C(=O)N[C@H]1C[C@H]2CO[C@H](C3CC3)CN2C1. The molecule has 0 radical (unpaired) electrons. The first-order valence-electron chi connectivity index (χ1n) is 7.66. The van der Waals surface area contributed by atoms with Crippen LogP contribution in [-0.2, 0) is 4.74 Å². The molecule has 3 fully saturated rings. The van der Waals surface area contributed by atoms with E-state index in [1.807, 2.05) is 6.92 Å². The first-order chi connectivity index (χ1) is 10.2. The summed E-state index contributed by atoms with van der Waals surface area (Å²) in [5.41, 5.74) is 1.18. The van der Waals surface area contributed by atoms with Crippen molar-refractivity contribution in [1.29, 1.82) is 0 Å². The topological polar surface area (TPSA) is 67.3 Å². The molecule has 3 aliphatic rings. The summed E-state index contributed by atoms with van der Waals surface area (Å²) in [5, 5.41) is 3.11. The Balaban J connectivity index is 1.36. The molecule has 3 heterocycles. The fourth-order valence-corrected chi connectivity index (χ4v) is 4.00. The molecule has 1 amide bonds. The lowest BCUT2D eigenvalue weighted by molar-refractivity contribution is -0.0581. The van der Waals surface area contributed by atoms with Crippen molar-refractivity contribution in [1.82, 2.24) is 19.0 Å². The number of aryl methyl sites for hydroxylation is 1. The molecule has 3 atom stereocenters. The van der Waals surface area contributed by atoms with Gasteiger partial charge in [0, 0.05) is 25.2 Å². The number of nitrogens with zero attached hydrogens (tertiary/aromatic N) is 3. The second-order valence-electron chi connectivity index (χ2n) is 6.42. The second-order valence-corrected chi connectivity index (χ2v) is 6.95. The minimum absolute atomic E-state index is 0.0919. The lowest BCUT2D eigenvalue weighted by Gasteiger charge is -2.35. The third-order valence-corrected chi connectivity index (χ3v) is 5.42. The highest BCUT2D eigenvalue weighted by Gasteiger charge is 2.42. The second kappa shape index (κ2) is 5.30. The van der Waals surface area contributed by atoms with Crippen molar-refractivity contribution >= 4 is 17.6 Å². The minimum atomic E-state index is -0.0919. The third-order valence-electron chi connectivity index (χ3n) is 4.80. The zero-order valence-electron chi connectivity index (χ0n) is 12.1.